The molecule has 2 aromatic rings. The number of carbonyl (C=O) groups excluding carboxylic acids is 1. The molecule has 27 heavy (non-hydrogen) atoms. The van der Waals surface area contributed by atoms with E-state index < -0.39 is 5.97 Å². The van der Waals surface area contributed by atoms with Crippen molar-refractivity contribution in [1.29, 1.82) is 0 Å². The monoisotopic (exact) mass is 470 g/mol. The number of benzene rings is 1. The van der Waals surface area contributed by atoms with Crippen LogP contribution in [0.4, 0.5) is 0 Å². The molecule has 2 rings (SSSR count). The second-order valence-corrected chi connectivity index (χ2v) is 6.47. The topological polar surface area (TPSA) is 44.1 Å². The smallest absolute Gasteiger partial charge is 0.359 e. The van der Waals surface area contributed by atoms with Gasteiger partial charge in [0.15, 0.2) is 5.69 Å². The van der Waals surface area contributed by atoms with Crippen LogP contribution in [0.25, 0.3) is 11.3 Å². The molecule has 4 nitrogen and oxygen atoms in total. The first-order chi connectivity index (χ1) is 12.9. The molecular formula is C20H21BrCl2N2O2. The zero-order valence-corrected chi connectivity index (χ0v) is 18.5. The van der Waals surface area contributed by atoms with Crippen LogP contribution in [0.2, 0.25) is 5.02 Å². The van der Waals surface area contributed by atoms with Gasteiger partial charge in [0.25, 0.3) is 0 Å². The molecular weight excluding hydrogens is 451 g/mol. The van der Waals surface area contributed by atoms with Gasteiger partial charge in [-0.15, -0.1) is 0 Å². The molecule has 0 atom stereocenters. The van der Waals surface area contributed by atoms with Crippen LogP contribution < -0.4 is 0 Å². The Labute approximate surface area is 178 Å². The molecule has 0 bridgehead atoms. The number of rotatable bonds is 6. The summed E-state index contributed by atoms with van der Waals surface area (Å²) in [4.78, 5) is 16.6. The van der Waals surface area contributed by atoms with Crippen LogP contribution in [0.15, 0.2) is 59.2 Å². The molecule has 0 aliphatic heterocycles. The van der Waals surface area contributed by atoms with Gasteiger partial charge in [-0.2, -0.15) is 0 Å². The number of ether oxygens (including phenoxy) is 1. The van der Waals surface area contributed by atoms with E-state index in [1.165, 1.54) is 0 Å². The van der Waals surface area contributed by atoms with Crippen LogP contribution in [0, 0.1) is 0 Å². The molecule has 0 aliphatic carbocycles. The molecule has 0 radical (unpaired) electrons. The molecule has 1 aromatic heterocycles. The Hall–Kier alpha value is -1.82. The SMILES string of the molecule is C=C/C=C(\C(=C)Cl)c1nc(C(=O)OCC)c(Br)n1-c1ccc(Cl)cc1.CC. The minimum absolute atomic E-state index is 0.139. The number of esters is 1. The zero-order valence-electron chi connectivity index (χ0n) is 15.4. The van der Waals surface area contributed by atoms with Crippen LogP contribution in [0.5, 0.6) is 0 Å². The van der Waals surface area contributed by atoms with Crippen molar-refractivity contribution in [1.82, 2.24) is 9.55 Å². The third kappa shape index (κ3) is 5.58. The minimum atomic E-state index is -0.540. The maximum absolute atomic E-state index is 12.2. The summed E-state index contributed by atoms with van der Waals surface area (Å²) in [6, 6.07) is 7.08. The Balaban J connectivity index is 0.00000176. The fourth-order valence-electron chi connectivity index (χ4n) is 2.14. The van der Waals surface area contributed by atoms with E-state index in [0.29, 0.717) is 21.0 Å². The normalized spacial score (nSPS) is 10.7. The van der Waals surface area contributed by atoms with E-state index in [9.17, 15) is 4.79 Å². The van der Waals surface area contributed by atoms with Gasteiger partial charge in [-0.3, -0.25) is 4.57 Å². The molecule has 144 valence electrons. The van der Waals surface area contributed by atoms with Crippen molar-refractivity contribution in [3.63, 3.8) is 0 Å². The van der Waals surface area contributed by atoms with Gasteiger partial charge in [-0.05, 0) is 47.1 Å². The van der Waals surface area contributed by atoms with Crippen molar-refractivity contribution < 1.29 is 9.53 Å². The van der Waals surface area contributed by atoms with E-state index >= 15 is 0 Å². The highest BCUT2D eigenvalue weighted by molar-refractivity contribution is 9.10. The Morgan fingerprint density at radius 1 is 1.33 bits per heavy atom. The number of allylic oxidation sites excluding steroid dienone is 4. The lowest BCUT2D eigenvalue weighted by molar-refractivity contribution is 0.0519. The number of nitrogens with zero attached hydrogens (tertiary/aromatic N) is 2. The summed E-state index contributed by atoms with van der Waals surface area (Å²) in [7, 11) is 0. The first-order valence-electron chi connectivity index (χ1n) is 8.29. The molecule has 0 fully saturated rings. The van der Waals surface area contributed by atoms with E-state index in [1.54, 1.807) is 47.9 Å². The van der Waals surface area contributed by atoms with Crippen molar-refractivity contribution in [2.45, 2.75) is 20.8 Å². The summed E-state index contributed by atoms with van der Waals surface area (Å²) in [6.45, 7) is 13.4. The van der Waals surface area contributed by atoms with E-state index in [-0.39, 0.29) is 17.3 Å². The van der Waals surface area contributed by atoms with Crippen LogP contribution in [-0.4, -0.2) is 22.1 Å². The summed E-state index contributed by atoms with van der Waals surface area (Å²) in [5.74, 6) is -0.112. The molecule has 1 aromatic carbocycles. The van der Waals surface area contributed by atoms with E-state index in [2.05, 4.69) is 34.1 Å². The van der Waals surface area contributed by atoms with Gasteiger partial charge in [-0.25, -0.2) is 9.78 Å². The lowest BCUT2D eigenvalue weighted by atomic mass is 10.2. The Morgan fingerprint density at radius 2 is 1.93 bits per heavy atom. The quantitative estimate of drug-likeness (QED) is 0.343. The van der Waals surface area contributed by atoms with Crippen molar-refractivity contribution in [2.24, 2.45) is 0 Å². The number of hydrogen-bond donors (Lipinski definition) is 0. The second kappa shape index (κ2) is 11.1. The van der Waals surface area contributed by atoms with Gasteiger partial charge in [0, 0.05) is 21.3 Å². The largest absolute Gasteiger partial charge is 0.461 e. The first kappa shape index (κ1) is 23.2. The molecule has 0 saturated carbocycles. The molecule has 1 heterocycles. The third-order valence-corrected chi connectivity index (χ3v) is 4.38. The molecule has 0 saturated heterocycles. The number of carbonyl (C=O) groups is 1. The molecule has 0 spiro atoms. The highest BCUT2D eigenvalue weighted by Gasteiger charge is 2.25. The molecule has 0 N–H and O–H groups in total. The third-order valence-electron chi connectivity index (χ3n) is 3.19. The average molecular weight is 472 g/mol. The van der Waals surface area contributed by atoms with Gasteiger partial charge in [0.1, 0.15) is 10.4 Å². The van der Waals surface area contributed by atoms with E-state index in [4.69, 9.17) is 27.9 Å². The lowest BCUT2D eigenvalue weighted by Crippen LogP contribution is -2.06. The summed E-state index contributed by atoms with van der Waals surface area (Å²) in [6.07, 6.45) is 3.24. The second-order valence-electron chi connectivity index (χ2n) is 4.83. The minimum Gasteiger partial charge on any atom is -0.461 e. The van der Waals surface area contributed by atoms with Crippen LogP contribution in [0.3, 0.4) is 0 Å². The summed E-state index contributed by atoms with van der Waals surface area (Å²) in [5.41, 5.74) is 1.41. The zero-order chi connectivity index (χ0) is 20.6. The van der Waals surface area contributed by atoms with Crippen molar-refractivity contribution >= 4 is 50.7 Å². The average Bonchev–Trinajstić information content (AvgIpc) is 2.99. The predicted molar refractivity (Wildman–Crippen MR) is 117 cm³/mol. The van der Waals surface area contributed by atoms with E-state index in [1.807, 2.05) is 13.8 Å². The van der Waals surface area contributed by atoms with Crippen molar-refractivity contribution in [3.05, 3.63) is 75.8 Å². The number of imidazole rings is 1. The fraction of sp³-hybridized carbons (Fsp3) is 0.200. The molecule has 7 heteroatoms. The predicted octanol–water partition coefficient (Wildman–Crippen LogP) is 6.81. The molecule has 0 unspecified atom stereocenters. The van der Waals surface area contributed by atoms with Gasteiger partial charge < -0.3 is 4.74 Å². The standard InChI is InChI=1S/C18H15BrCl2N2O2.C2H6/c1-4-6-14(11(3)20)17-22-15(18(24)25-5-2)16(19)23(17)13-9-7-12(21)8-10-13;1-2/h4,6-10H,1,3,5H2,2H3;1-2H3/b14-6+;. The van der Waals surface area contributed by atoms with Crippen molar-refractivity contribution in [3.8, 4) is 5.69 Å². The molecule has 0 aliphatic rings. The van der Waals surface area contributed by atoms with Gasteiger partial charge >= 0.3 is 5.97 Å². The van der Waals surface area contributed by atoms with Gasteiger partial charge in [-0.1, -0.05) is 62.4 Å². The molecule has 0 amide bonds. The maximum Gasteiger partial charge on any atom is 0.359 e. The Morgan fingerprint density at radius 3 is 2.41 bits per heavy atom. The van der Waals surface area contributed by atoms with Crippen molar-refractivity contribution in [2.75, 3.05) is 6.61 Å². The highest BCUT2D eigenvalue weighted by Crippen LogP contribution is 2.32. The maximum atomic E-state index is 12.2. The van der Waals surface area contributed by atoms with Gasteiger partial charge in [0.2, 0.25) is 0 Å². The summed E-state index contributed by atoms with van der Waals surface area (Å²) in [5, 5.41) is 0.860. The van der Waals surface area contributed by atoms with Crippen LogP contribution >= 0.6 is 39.1 Å². The summed E-state index contributed by atoms with van der Waals surface area (Å²) < 4.78 is 7.24. The van der Waals surface area contributed by atoms with Crippen LogP contribution in [-0.2, 0) is 4.74 Å². The Kier molecular flexibility index (Phi) is 9.56. The van der Waals surface area contributed by atoms with E-state index in [0.717, 1.165) is 5.69 Å². The Bertz CT molecular complexity index is 856. The summed E-state index contributed by atoms with van der Waals surface area (Å²) >= 11 is 15.5. The number of halogens is 3. The number of hydrogen-bond acceptors (Lipinski definition) is 3. The van der Waals surface area contributed by atoms with Crippen LogP contribution in [0.1, 0.15) is 37.1 Å². The fourth-order valence-corrected chi connectivity index (χ4v) is 3.04. The highest BCUT2D eigenvalue weighted by atomic mass is 79.9. The lowest BCUT2D eigenvalue weighted by Gasteiger charge is -2.11. The number of aromatic nitrogens is 2. The van der Waals surface area contributed by atoms with Gasteiger partial charge in [0.05, 0.1) is 6.61 Å². The first-order valence-corrected chi connectivity index (χ1v) is 9.84.